The SMILES string of the molecule is Cn1nc(C(=O)NCc2cccs2)cc1OCC(=O)N1CCCC1. The van der Waals surface area contributed by atoms with E-state index in [1.807, 2.05) is 17.5 Å². The van der Waals surface area contributed by atoms with E-state index >= 15 is 0 Å². The first-order chi connectivity index (χ1) is 11.6. The van der Waals surface area contributed by atoms with Gasteiger partial charge in [0, 0.05) is 31.1 Å². The molecule has 3 heterocycles. The summed E-state index contributed by atoms with van der Waals surface area (Å²) in [5.74, 6) is 0.112. The lowest BCUT2D eigenvalue weighted by atomic mass is 10.4. The maximum atomic E-state index is 12.1. The number of amides is 2. The molecule has 2 aromatic heterocycles. The Morgan fingerprint density at radius 2 is 2.17 bits per heavy atom. The molecule has 0 unspecified atom stereocenters. The van der Waals surface area contributed by atoms with E-state index in [4.69, 9.17) is 4.74 Å². The van der Waals surface area contributed by atoms with E-state index in [0.29, 0.717) is 12.4 Å². The van der Waals surface area contributed by atoms with Crippen molar-refractivity contribution >= 4 is 23.2 Å². The molecule has 0 bridgehead atoms. The zero-order chi connectivity index (χ0) is 16.9. The van der Waals surface area contributed by atoms with Crippen molar-refractivity contribution in [2.75, 3.05) is 19.7 Å². The number of ether oxygens (including phenoxy) is 1. The molecule has 24 heavy (non-hydrogen) atoms. The topological polar surface area (TPSA) is 76.5 Å². The Kier molecular flexibility index (Phi) is 5.14. The van der Waals surface area contributed by atoms with E-state index in [-0.39, 0.29) is 24.1 Å². The molecule has 1 aliphatic rings. The fraction of sp³-hybridized carbons (Fsp3) is 0.438. The maximum absolute atomic E-state index is 12.1. The van der Waals surface area contributed by atoms with E-state index < -0.39 is 0 Å². The van der Waals surface area contributed by atoms with Gasteiger partial charge in [0.25, 0.3) is 11.8 Å². The van der Waals surface area contributed by atoms with Gasteiger partial charge in [0.1, 0.15) is 0 Å². The largest absolute Gasteiger partial charge is 0.468 e. The Morgan fingerprint density at radius 1 is 1.38 bits per heavy atom. The Morgan fingerprint density at radius 3 is 2.88 bits per heavy atom. The number of likely N-dealkylation sites (tertiary alicyclic amines) is 1. The maximum Gasteiger partial charge on any atom is 0.272 e. The highest BCUT2D eigenvalue weighted by Gasteiger charge is 2.19. The lowest BCUT2D eigenvalue weighted by Crippen LogP contribution is -2.32. The number of aryl methyl sites for hydroxylation is 1. The molecule has 0 radical (unpaired) electrons. The first kappa shape index (κ1) is 16.5. The molecule has 8 heteroatoms. The number of hydrogen-bond acceptors (Lipinski definition) is 5. The van der Waals surface area contributed by atoms with Crippen molar-refractivity contribution in [1.29, 1.82) is 0 Å². The molecule has 0 atom stereocenters. The molecule has 3 rings (SSSR count). The highest BCUT2D eigenvalue weighted by molar-refractivity contribution is 7.09. The standard InChI is InChI=1S/C16H20N4O3S/c1-19-15(23-11-14(21)20-6-2-3-7-20)9-13(18-19)16(22)17-10-12-5-4-8-24-12/h4-5,8-9H,2-3,6-7,10-11H2,1H3,(H,17,22). The number of aromatic nitrogens is 2. The minimum absolute atomic E-state index is 0.0302. The average molecular weight is 348 g/mol. The Bertz CT molecular complexity index is 705. The van der Waals surface area contributed by atoms with Crippen molar-refractivity contribution in [3.8, 4) is 5.88 Å². The van der Waals surface area contributed by atoms with Gasteiger partial charge in [-0.25, -0.2) is 4.68 Å². The smallest absolute Gasteiger partial charge is 0.272 e. The molecule has 0 aliphatic carbocycles. The van der Waals surface area contributed by atoms with Gasteiger partial charge in [-0.3, -0.25) is 9.59 Å². The number of nitrogens with zero attached hydrogens (tertiary/aromatic N) is 3. The van der Waals surface area contributed by atoms with Gasteiger partial charge >= 0.3 is 0 Å². The highest BCUT2D eigenvalue weighted by Crippen LogP contribution is 2.14. The van der Waals surface area contributed by atoms with Crippen LogP contribution < -0.4 is 10.1 Å². The predicted octanol–water partition coefficient (Wildman–Crippen LogP) is 1.41. The van der Waals surface area contributed by atoms with E-state index in [1.54, 1.807) is 29.4 Å². The third kappa shape index (κ3) is 3.94. The third-order valence-corrected chi connectivity index (χ3v) is 4.75. The van der Waals surface area contributed by atoms with E-state index in [1.165, 1.54) is 4.68 Å². The third-order valence-electron chi connectivity index (χ3n) is 3.88. The van der Waals surface area contributed by atoms with Crippen molar-refractivity contribution < 1.29 is 14.3 Å². The van der Waals surface area contributed by atoms with Gasteiger partial charge in [-0.15, -0.1) is 11.3 Å². The molecule has 2 amide bonds. The van der Waals surface area contributed by atoms with Crippen LogP contribution in [0.2, 0.25) is 0 Å². The fourth-order valence-electron chi connectivity index (χ4n) is 2.56. The van der Waals surface area contributed by atoms with Gasteiger partial charge in [0.05, 0.1) is 6.54 Å². The Hall–Kier alpha value is -2.35. The summed E-state index contributed by atoms with van der Waals surface area (Å²) in [5, 5.41) is 8.92. The Labute approximate surface area is 144 Å². The molecule has 2 aromatic rings. The molecular formula is C16H20N4O3S. The van der Waals surface area contributed by atoms with E-state index in [0.717, 1.165) is 30.8 Å². The molecule has 1 fully saturated rings. The number of rotatable bonds is 6. The number of hydrogen-bond donors (Lipinski definition) is 1. The van der Waals surface area contributed by atoms with Crippen LogP contribution in [0.25, 0.3) is 0 Å². The summed E-state index contributed by atoms with van der Waals surface area (Å²) < 4.78 is 6.99. The lowest BCUT2D eigenvalue weighted by Gasteiger charge is -2.15. The second-order valence-corrected chi connectivity index (χ2v) is 6.66. The highest BCUT2D eigenvalue weighted by atomic mass is 32.1. The van der Waals surface area contributed by atoms with Crippen molar-refractivity contribution in [3.63, 3.8) is 0 Å². The monoisotopic (exact) mass is 348 g/mol. The lowest BCUT2D eigenvalue weighted by molar-refractivity contribution is -0.132. The van der Waals surface area contributed by atoms with Gasteiger partial charge in [-0.1, -0.05) is 6.07 Å². The van der Waals surface area contributed by atoms with Crippen LogP contribution in [0.1, 0.15) is 28.2 Å². The summed E-state index contributed by atoms with van der Waals surface area (Å²) in [5.41, 5.74) is 0.276. The summed E-state index contributed by atoms with van der Waals surface area (Å²) in [6, 6.07) is 5.46. The average Bonchev–Trinajstić information content (AvgIpc) is 3.32. The van der Waals surface area contributed by atoms with Gasteiger partial charge in [0.2, 0.25) is 5.88 Å². The van der Waals surface area contributed by atoms with Gasteiger partial charge in [0.15, 0.2) is 12.3 Å². The molecule has 128 valence electrons. The van der Waals surface area contributed by atoms with Crippen molar-refractivity contribution in [2.24, 2.45) is 7.05 Å². The van der Waals surface area contributed by atoms with Gasteiger partial charge < -0.3 is 15.0 Å². The van der Waals surface area contributed by atoms with Gasteiger partial charge in [-0.2, -0.15) is 5.10 Å². The zero-order valence-corrected chi connectivity index (χ0v) is 14.3. The number of nitrogens with one attached hydrogen (secondary N) is 1. The number of carbonyl (C=O) groups excluding carboxylic acids is 2. The van der Waals surface area contributed by atoms with E-state index in [2.05, 4.69) is 10.4 Å². The van der Waals surface area contributed by atoms with Crippen LogP contribution in [-0.4, -0.2) is 46.2 Å². The molecular weight excluding hydrogens is 328 g/mol. The normalized spacial score (nSPS) is 14.0. The van der Waals surface area contributed by atoms with Crippen LogP contribution in [0.3, 0.4) is 0 Å². The zero-order valence-electron chi connectivity index (χ0n) is 13.5. The van der Waals surface area contributed by atoms with Crippen LogP contribution in [0.4, 0.5) is 0 Å². The van der Waals surface area contributed by atoms with Crippen LogP contribution >= 0.6 is 11.3 Å². The van der Waals surface area contributed by atoms with Crippen LogP contribution in [0.15, 0.2) is 23.6 Å². The van der Waals surface area contributed by atoms with E-state index in [9.17, 15) is 9.59 Å². The molecule has 1 aliphatic heterocycles. The summed E-state index contributed by atoms with van der Waals surface area (Å²) in [6.45, 7) is 2.03. The molecule has 0 spiro atoms. The second-order valence-electron chi connectivity index (χ2n) is 5.63. The minimum Gasteiger partial charge on any atom is -0.468 e. The summed E-state index contributed by atoms with van der Waals surface area (Å²) in [4.78, 5) is 27.0. The van der Waals surface area contributed by atoms with Crippen molar-refractivity contribution in [2.45, 2.75) is 19.4 Å². The van der Waals surface area contributed by atoms with Crippen molar-refractivity contribution in [3.05, 3.63) is 34.2 Å². The molecule has 7 nitrogen and oxygen atoms in total. The van der Waals surface area contributed by atoms with Crippen LogP contribution in [0.5, 0.6) is 5.88 Å². The summed E-state index contributed by atoms with van der Waals surface area (Å²) in [6.07, 6.45) is 2.10. The van der Waals surface area contributed by atoms with Crippen molar-refractivity contribution in [1.82, 2.24) is 20.0 Å². The quantitative estimate of drug-likeness (QED) is 0.856. The first-order valence-corrected chi connectivity index (χ1v) is 8.76. The fourth-order valence-corrected chi connectivity index (χ4v) is 3.21. The number of thiophene rings is 1. The Balaban J connectivity index is 1.53. The molecule has 1 saturated heterocycles. The molecule has 0 saturated carbocycles. The summed E-state index contributed by atoms with van der Waals surface area (Å²) in [7, 11) is 1.69. The first-order valence-electron chi connectivity index (χ1n) is 7.88. The van der Waals surface area contributed by atoms with Crippen LogP contribution in [-0.2, 0) is 18.4 Å². The minimum atomic E-state index is -0.264. The summed E-state index contributed by atoms with van der Waals surface area (Å²) >= 11 is 1.58. The van der Waals surface area contributed by atoms with Gasteiger partial charge in [-0.05, 0) is 24.3 Å². The predicted molar refractivity (Wildman–Crippen MR) is 90.0 cm³/mol. The second kappa shape index (κ2) is 7.48. The van der Waals surface area contributed by atoms with Crippen LogP contribution in [0, 0.1) is 0 Å². The molecule has 1 N–H and O–H groups in total. The molecule has 0 aromatic carbocycles. The number of carbonyl (C=O) groups is 2.